The van der Waals surface area contributed by atoms with E-state index in [0.29, 0.717) is 5.56 Å². The van der Waals surface area contributed by atoms with E-state index in [1.54, 1.807) is 30.3 Å². The third kappa shape index (κ3) is 5.53. The monoisotopic (exact) mass is 360 g/mol. The van der Waals surface area contributed by atoms with Gasteiger partial charge in [0.25, 0.3) is 0 Å². The Balaban J connectivity index is 1.83. The third-order valence-electron chi connectivity index (χ3n) is 3.73. The Labute approximate surface area is 147 Å². The lowest BCUT2D eigenvalue weighted by Crippen LogP contribution is -2.17. The second-order valence-corrected chi connectivity index (χ2v) is 7.63. The van der Waals surface area contributed by atoms with E-state index in [4.69, 9.17) is 4.74 Å². The van der Waals surface area contributed by atoms with E-state index in [1.807, 2.05) is 19.1 Å². The Morgan fingerprint density at radius 2 is 1.60 bits per heavy atom. The number of Topliss-reactive ketones (excluding diaryl/α,β-unsaturated/α-hetero) is 1. The standard InChI is InChI=1S/C19H20O5S/c1-2-15-8-10-16(11-9-15)18(20)14-24-19(21)12-13-25(22,23)17-6-4-3-5-7-17/h3-11H,2,12-14H2,1H3. The molecule has 0 heterocycles. The zero-order valence-electron chi connectivity index (χ0n) is 14.0. The number of rotatable bonds is 8. The predicted molar refractivity (Wildman–Crippen MR) is 94.2 cm³/mol. The fraction of sp³-hybridized carbons (Fsp3) is 0.263. The smallest absolute Gasteiger partial charge is 0.307 e. The van der Waals surface area contributed by atoms with Gasteiger partial charge in [-0.25, -0.2) is 8.42 Å². The Hall–Kier alpha value is -2.47. The van der Waals surface area contributed by atoms with Crippen molar-refractivity contribution in [1.29, 1.82) is 0 Å². The molecule has 0 unspecified atom stereocenters. The van der Waals surface area contributed by atoms with Crippen molar-refractivity contribution in [2.75, 3.05) is 12.4 Å². The Morgan fingerprint density at radius 1 is 0.960 bits per heavy atom. The Bertz CT molecular complexity index is 824. The number of benzene rings is 2. The molecule has 0 aliphatic rings. The first kappa shape index (κ1) is 18.9. The van der Waals surface area contributed by atoms with Crippen LogP contribution in [0.5, 0.6) is 0 Å². The van der Waals surface area contributed by atoms with Crippen molar-refractivity contribution in [1.82, 2.24) is 0 Å². The molecular weight excluding hydrogens is 340 g/mol. The van der Waals surface area contributed by atoms with Crippen LogP contribution in [-0.2, 0) is 25.8 Å². The molecule has 25 heavy (non-hydrogen) atoms. The molecule has 2 aromatic carbocycles. The summed E-state index contributed by atoms with van der Waals surface area (Å²) in [6.45, 7) is 1.62. The minimum atomic E-state index is -3.54. The molecule has 0 aromatic heterocycles. The molecule has 2 aromatic rings. The summed E-state index contributed by atoms with van der Waals surface area (Å²) in [5, 5.41) is 0. The zero-order valence-corrected chi connectivity index (χ0v) is 14.8. The normalized spacial score (nSPS) is 11.1. The average Bonchev–Trinajstić information content (AvgIpc) is 2.65. The second kappa shape index (κ2) is 8.58. The topological polar surface area (TPSA) is 77.5 Å². The van der Waals surface area contributed by atoms with E-state index in [-0.39, 0.29) is 22.9 Å². The van der Waals surface area contributed by atoms with Gasteiger partial charge in [0.15, 0.2) is 22.2 Å². The lowest BCUT2D eigenvalue weighted by Gasteiger charge is -2.06. The van der Waals surface area contributed by atoms with Crippen molar-refractivity contribution in [3.63, 3.8) is 0 Å². The molecule has 0 radical (unpaired) electrons. The number of carbonyl (C=O) groups is 2. The molecule has 5 nitrogen and oxygen atoms in total. The highest BCUT2D eigenvalue weighted by Crippen LogP contribution is 2.11. The van der Waals surface area contributed by atoms with Gasteiger partial charge in [-0.15, -0.1) is 0 Å². The first-order chi connectivity index (χ1) is 11.9. The quantitative estimate of drug-likeness (QED) is 0.534. The number of ether oxygens (including phenoxy) is 1. The number of esters is 1. The highest BCUT2D eigenvalue weighted by Gasteiger charge is 2.17. The van der Waals surface area contributed by atoms with Crippen molar-refractivity contribution < 1.29 is 22.7 Å². The highest BCUT2D eigenvalue weighted by molar-refractivity contribution is 7.91. The van der Waals surface area contributed by atoms with Crippen LogP contribution in [0.25, 0.3) is 0 Å². The van der Waals surface area contributed by atoms with E-state index >= 15 is 0 Å². The van der Waals surface area contributed by atoms with Crippen LogP contribution in [0.2, 0.25) is 0 Å². The van der Waals surface area contributed by atoms with Gasteiger partial charge in [-0.3, -0.25) is 9.59 Å². The van der Waals surface area contributed by atoms with Gasteiger partial charge in [-0.2, -0.15) is 0 Å². The summed E-state index contributed by atoms with van der Waals surface area (Å²) >= 11 is 0. The summed E-state index contributed by atoms with van der Waals surface area (Å²) in [6, 6.07) is 15.0. The molecular formula is C19H20O5S. The predicted octanol–water partition coefficient (Wildman–Crippen LogP) is 2.84. The fourth-order valence-electron chi connectivity index (χ4n) is 2.19. The molecule has 132 valence electrons. The molecule has 0 aliphatic heterocycles. The summed E-state index contributed by atoms with van der Waals surface area (Å²) in [7, 11) is -3.54. The minimum absolute atomic E-state index is 0.162. The molecule has 0 atom stereocenters. The second-order valence-electron chi connectivity index (χ2n) is 5.52. The van der Waals surface area contributed by atoms with Crippen molar-refractivity contribution in [3.8, 4) is 0 Å². The molecule has 0 N–H and O–H groups in total. The van der Waals surface area contributed by atoms with Gasteiger partial charge >= 0.3 is 5.97 Å². The molecule has 0 aliphatic carbocycles. The van der Waals surface area contributed by atoms with Gasteiger partial charge in [0.1, 0.15) is 0 Å². The van der Waals surface area contributed by atoms with Crippen LogP contribution in [0.4, 0.5) is 0 Å². The number of ketones is 1. The zero-order chi connectivity index (χ0) is 18.3. The Morgan fingerprint density at radius 3 is 2.20 bits per heavy atom. The van der Waals surface area contributed by atoms with Crippen LogP contribution in [0.1, 0.15) is 29.3 Å². The molecule has 0 saturated heterocycles. The Kier molecular flexibility index (Phi) is 6.47. The van der Waals surface area contributed by atoms with Gasteiger partial charge in [0.2, 0.25) is 0 Å². The fourth-order valence-corrected chi connectivity index (χ4v) is 3.43. The summed E-state index contributed by atoms with van der Waals surface area (Å²) in [5.41, 5.74) is 1.57. The summed E-state index contributed by atoms with van der Waals surface area (Å²) in [4.78, 5) is 23.9. The van der Waals surface area contributed by atoms with Gasteiger partial charge in [-0.05, 0) is 24.1 Å². The van der Waals surface area contributed by atoms with Gasteiger partial charge in [0.05, 0.1) is 17.1 Å². The molecule has 6 heteroatoms. The van der Waals surface area contributed by atoms with Crippen molar-refractivity contribution >= 4 is 21.6 Å². The van der Waals surface area contributed by atoms with E-state index in [9.17, 15) is 18.0 Å². The molecule has 0 saturated carbocycles. The molecule has 2 rings (SSSR count). The first-order valence-corrected chi connectivity index (χ1v) is 9.63. The number of hydrogen-bond acceptors (Lipinski definition) is 5. The van der Waals surface area contributed by atoms with Crippen LogP contribution in [0.3, 0.4) is 0 Å². The van der Waals surface area contributed by atoms with Crippen molar-refractivity contribution in [2.45, 2.75) is 24.7 Å². The summed E-state index contributed by atoms with van der Waals surface area (Å²) < 4.78 is 29.1. The third-order valence-corrected chi connectivity index (χ3v) is 5.46. The summed E-state index contributed by atoms with van der Waals surface area (Å²) in [5.74, 6) is -1.38. The number of carbonyl (C=O) groups excluding carboxylic acids is 2. The minimum Gasteiger partial charge on any atom is -0.457 e. The van der Waals surface area contributed by atoms with Gasteiger partial charge in [0, 0.05) is 5.56 Å². The van der Waals surface area contributed by atoms with E-state index in [1.165, 1.54) is 12.1 Å². The number of aryl methyl sites for hydroxylation is 1. The molecule has 0 bridgehead atoms. The van der Waals surface area contributed by atoms with Crippen LogP contribution in [0.15, 0.2) is 59.5 Å². The molecule has 0 fully saturated rings. The largest absolute Gasteiger partial charge is 0.457 e. The van der Waals surface area contributed by atoms with E-state index in [2.05, 4.69) is 0 Å². The van der Waals surface area contributed by atoms with Crippen LogP contribution in [-0.4, -0.2) is 32.5 Å². The molecule has 0 amide bonds. The van der Waals surface area contributed by atoms with Crippen LogP contribution >= 0.6 is 0 Å². The highest BCUT2D eigenvalue weighted by atomic mass is 32.2. The number of sulfone groups is 1. The maximum Gasteiger partial charge on any atom is 0.307 e. The maximum absolute atomic E-state index is 12.1. The van der Waals surface area contributed by atoms with Crippen molar-refractivity contribution in [3.05, 3.63) is 65.7 Å². The lowest BCUT2D eigenvalue weighted by atomic mass is 10.1. The SMILES string of the molecule is CCc1ccc(C(=O)COC(=O)CCS(=O)(=O)c2ccccc2)cc1. The lowest BCUT2D eigenvalue weighted by molar-refractivity contribution is -0.142. The van der Waals surface area contributed by atoms with E-state index in [0.717, 1.165) is 12.0 Å². The van der Waals surface area contributed by atoms with Crippen molar-refractivity contribution in [2.24, 2.45) is 0 Å². The maximum atomic E-state index is 12.1. The van der Waals surface area contributed by atoms with Gasteiger partial charge < -0.3 is 4.74 Å². The summed E-state index contributed by atoms with van der Waals surface area (Å²) in [6.07, 6.45) is 0.582. The van der Waals surface area contributed by atoms with E-state index < -0.39 is 22.4 Å². The molecule has 0 spiro atoms. The van der Waals surface area contributed by atoms with Crippen LogP contribution < -0.4 is 0 Å². The van der Waals surface area contributed by atoms with Crippen LogP contribution in [0, 0.1) is 0 Å². The number of hydrogen-bond donors (Lipinski definition) is 0. The first-order valence-electron chi connectivity index (χ1n) is 7.98. The van der Waals surface area contributed by atoms with Gasteiger partial charge in [-0.1, -0.05) is 49.4 Å². The average molecular weight is 360 g/mol.